The van der Waals surface area contributed by atoms with Gasteiger partial charge in [0.25, 0.3) is 0 Å². The molecule has 1 N–H and O–H groups in total. The first-order valence-electron chi connectivity index (χ1n) is 8.08. The molecule has 0 amide bonds. The lowest BCUT2D eigenvalue weighted by molar-refractivity contribution is -0.192. The number of nitrogens with zero attached hydrogens (tertiary/aromatic N) is 2. The highest BCUT2D eigenvalue weighted by Crippen LogP contribution is 2.48. The first kappa shape index (κ1) is 20.7. The zero-order valence-electron chi connectivity index (χ0n) is 14.5. The second-order valence-electron chi connectivity index (χ2n) is 6.33. The number of likely N-dealkylation sites (tertiary alicyclic amines) is 1. The lowest BCUT2D eigenvalue weighted by atomic mass is 9.89. The van der Waals surface area contributed by atoms with E-state index < -0.39 is 22.2 Å². The SMILES string of the molecule is CCCN1CCC2(C1)c1ccccc1S(=O)(=O)N2C.O=C(O)C(F)(F)F. The highest BCUT2D eigenvalue weighted by Gasteiger charge is 2.54. The van der Waals surface area contributed by atoms with Gasteiger partial charge in [-0.15, -0.1) is 0 Å². The van der Waals surface area contributed by atoms with Crippen molar-refractivity contribution in [3.05, 3.63) is 29.8 Å². The first-order valence-corrected chi connectivity index (χ1v) is 9.52. The number of hydrogen-bond acceptors (Lipinski definition) is 4. The smallest absolute Gasteiger partial charge is 0.475 e. The number of benzene rings is 1. The molecule has 146 valence electrons. The molecule has 26 heavy (non-hydrogen) atoms. The van der Waals surface area contributed by atoms with E-state index in [1.165, 1.54) is 0 Å². The van der Waals surface area contributed by atoms with Crippen LogP contribution in [0, 0.1) is 0 Å². The number of likely N-dealkylation sites (N-methyl/N-ethyl adjacent to an activating group) is 1. The van der Waals surface area contributed by atoms with Crippen LogP contribution in [0.2, 0.25) is 0 Å². The second kappa shape index (κ2) is 7.16. The fourth-order valence-electron chi connectivity index (χ4n) is 3.48. The van der Waals surface area contributed by atoms with Gasteiger partial charge in [0.2, 0.25) is 10.0 Å². The van der Waals surface area contributed by atoms with Crippen molar-refractivity contribution < 1.29 is 31.5 Å². The molecule has 0 radical (unpaired) electrons. The minimum atomic E-state index is -5.08. The van der Waals surface area contributed by atoms with E-state index in [0.717, 1.165) is 38.0 Å². The first-order chi connectivity index (χ1) is 12.0. The number of sulfonamides is 1. The van der Waals surface area contributed by atoms with Crippen LogP contribution in [0.15, 0.2) is 29.2 Å². The average Bonchev–Trinajstić information content (AvgIpc) is 3.04. The monoisotopic (exact) mass is 394 g/mol. The van der Waals surface area contributed by atoms with Crippen molar-refractivity contribution >= 4 is 16.0 Å². The summed E-state index contributed by atoms with van der Waals surface area (Å²) in [5.41, 5.74) is 0.640. The topological polar surface area (TPSA) is 77.9 Å². The molecule has 1 saturated heterocycles. The van der Waals surface area contributed by atoms with Crippen LogP contribution in [0.5, 0.6) is 0 Å². The van der Waals surface area contributed by atoms with E-state index >= 15 is 0 Å². The van der Waals surface area contributed by atoms with Crippen molar-refractivity contribution in [1.29, 1.82) is 0 Å². The number of fused-ring (bicyclic) bond motifs is 2. The fourth-order valence-corrected chi connectivity index (χ4v) is 5.27. The van der Waals surface area contributed by atoms with Gasteiger partial charge in [0.05, 0.1) is 10.4 Å². The molecule has 6 nitrogen and oxygen atoms in total. The van der Waals surface area contributed by atoms with Gasteiger partial charge in [-0.2, -0.15) is 17.5 Å². The molecule has 0 saturated carbocycles. The standard InChI is InChI=1S/C14H20N2O2S.C2HF3O2/c1-3-9-16-10-8-14(11-16)12-6-4-5-7-13(12)19(17,18)15(14)2;3-2(4,5)1(6)7/h4-7H,3,8-11H2,1-2H3;(H,6,7). The van der Waals surface area contributed by atoms with Gasteiger partial charge in [-0.3, -0.25) is 0 Å². The number of alkyl halides is 3. The summed E-state index contributed by atoms with van der Waals surface area (Å²) in [4.78, 5) is 11.8. The van der Waals surface area contributed by atoms with Crippen molar-refractivity contribution in [3.8, 4) is 0 Å². The molecule has 3 rings (SSSR count). The Hall–Kier alpha value is -1.65. The molecule has 0 bridgehead atoms. The Balaban J connectivity index is 0.000000298. The van der Waals surface area contributed by atoms with Crippen molar-refractivity contribution in [2.75, 3.05) is 26.7 Å². The number of aliphatic carboxylic acids is 1. The van der Waals surface area contributed by atoms with Crippen LogP contribution in [0.25, 0.3) is 0 Å². The molecule has 0 aromatic heterocycles. The highest BCUT2D eigenvalue weighted by molar-refractivity contribution is 7.89. The Kier molecular flexibility index (Phi) is 5.69. The summed E-state index contributed by atoms with van der Waals surface area (Å²) in [5, 5.41) is 7.12. The van der Waals surface area contributed by atoms with Crippen LogP contribution in [0.3, 0.4) is 0 Å². The molecule has 1 aromatic rings. The maximum absolute atomic E-state index is 12.5. The van der Waals surface area contributed by atoms with E-state index in [4.69, 9.17) is 9.90 Å². The molecule has 10 heteroatoms. The number of carbonyl (C=O) groups is 1. The van der Waals surface area contributed by atoms with E-state index in [2.05, 4.69) is 11.8 Å². The third-order valence-electron chi connectivity index (χ3n) is 4.74. The van der Waals surface area contributed by atoms with Crippen molar-refractivity contribution in [1.82, 2.24) is 9.21 Å². The molecule has 2 aliphatic heterocycles. The van der Waals surface area contributed by atoms with E-state index in [1.807, 2.05) is 18.2 Å². The Labute approximate surface area is 150 Å². The fraction of sp³-hybridized carbons (Fsp3) is 0.562. The molecule has 1 spiro atoms. The maximum atomic E-state index is 12.5. The van der Waals surface area contributed by atoms with E-state index in [9.17, 15) is 21.6 Å². The van der Waals surface area contributed by atoms with Crippen LogP contribution in [0.4, 0.5) is 13.2 Å². The van der Waals surface area contributed by atoms with E-state index in [-0.39, 0.29) is 5.54 Å². The minimum absolute atomic E-state index is 0.343. The summed E-state index contributed by atoms with van der Waals surface area (Å²) in [5.74, 6) is -2.76. The summed E-state index contributed by atoms with van der Waals surface area (Å²) in [6.07, 6.45) is -3.09. The quantitative estimate of drug-likeness (QED) is 0.833. The van der Waals surface area contributed by atoms with Gasteiger partial charge < -0.3 is 10.0 Å². The summed E-state index contributed by atoms with van der Waals surface area (Å²) in [6, 6.07) is 7.46. The number of halogens is 3. The van der Waals surface area contributed by atoms with Crippen LogP contribution in [-0.2, 0) is 20.4 Å². The van der Waals surface area contributed by atoms with Crippen molar-refractivity contribution in [3.63, 3.8) is 0 Å². The number of hydrogen-bond donors (Lipinski definition) is 1. The summed E-state index contributed by atoms with van der Waals surface area (Å²) in [6.45, 7) is 4.99. The average molecular weight is 394 g/mol. The van der Waals surface area contributed by atoms with Crippen LogP contribution >= 0.6 is 0 Å². The Morgan fingerprint density at radius 2 is 1.88 bits per heavy atom. The van der Waals surface area contributed by atoms with Gasteiger partial charge in [0.1, 0.15) is 0 Å². The zero-order chi connectivity index (χ0) is 19.8. The summed E-state index contributed by atoms with van der Waals surface area (Å²) >= 11 is 0. The van der Waals surface area contributed by atoms with Crippen molar-refractivity contribution in [2.45, 2.75) is 36.4 Å². The lowest BCUT2D eigenvalue weighted by Gasteiger charge is -2.31. The largest absolute Gasteiger partial charge is 0.490 e. The Bertz CT molecular complexity index is 782. The molecule has 2 heterocycles. The van der Waals surface area contributed by atoms with Gasteiger partial charge in [0, 0.05) is 20.1 Å². The lowest BCUT2D eigenvalue weighted by Crippen LogP contribution is -2.43. The molecule has 1 atom stereocenters. The van der Waals surface area contributed by atoms with Gasteiger partial charge in [-0.25, -0.2) is 13.2 Å². The molecule has 1 unspecified atom stereocenters. The van der Waals surface area contributed by atoms with Crippen LogP contribution in [-0.4, -0.2) is 61.6 Å². The predicted molar refractivity (Wildman–Crippen MR) is 88.1 cm³/mol. The van der Waals surface area contributed by atoms with Gasteiger partial charge in [-0.05, 0) is 31.0 Å². The second-order valence-corrected chi connectivity index (χ2v) is 8.27. The maximum Gasteiger partial charge on any atom is 0.490 e. The molecule has 0 aliphatic carbocycles. The predicted octanol–water partition coefficient (Wildman–Crippen LogP) is 2.27. The van der Waals surface area contributed by atoms with Gasteiger partial charge >= 0.3 is 12.1 Å². The summed E-state index contributed by atoms with van der Waals surface area (Å²) in [7, 11) is -1.58. The number of carboxylic acid groups (broad SMARTS) is 1. The normalized spacial score (nSPS) is 25.0. The van der Waals surface area contributed by atoms with Crippen LogP contribution in [0.1, 0.15) is 25.3 Å². The van der Waals surface area contributed by atoms with E-state index in [1.54, 1.807) is 17.4 Å². The van der Waals surface area contributed by atoms with Crippen LogP contribution < -0.4 is 0 Å². The van der Waals surface area contributed by atoms with E-state index in [0.29, 0.717) is 4.90 Å². The van der Waals surface area contributed by atoms with Gasteiger partial charge in [0.15, 0.2) is 0 Å². The molecular formula is C16H21F3N2O4S. The highest BCUT2D eigenvalue weighted by atomic mass is 32.2. The Morgan fingerprint density at radius 1 is 1.31 bits per heavy atom. The van der Waals surface area contributed by atoms with Crippen molar-refractivity contribution in [2.24, 2.45) is 0 Å². The number of carboxylic acids is 1. The molecular weight excluding hydrogens is 373 g/mol. The third kappa shape index (κ3) is 3.58. The molecule has 1 fully saturated rings. The van der Waals surface area contributed by atoms with Gasteiger partial charge in [-0.1, -0.05) is 25.1 Å². The number of rotatable bonds is 2. The minimum Gasteiger partial charge on any atom is -0.475 e. The third-order valence-corrected chi connectivity index (χ3v) is 6.72. The Morgan fingerprint density at radius 3 is 2.42 bits per heavy atom. The molecule has 1 aromatic carbocycles. The molecule has 2 aliphatic rings. The zero-order valence-corrected chi connectivity index (χ0v) is 15.3. The summed E-state index contributed by atoms with van der Waals surface area (Å²) < 4.78 is 58.4.